The molecule has 0 unspecified atom stereocenters. The van der Waals surface area contributed by atoms with Gasteiger partial charge < -0.3 is 9.63 Å². The number of nitrogens with zero attached hydrogens (tertiary/aromatic N) is 2. The van der Waals surface area contributed by atoms with Crippen molar-refractivity contribution in [1.82, 2.24) is 10.1 Å². The quantitative estimate of drug-likeness (QED) is 0.903. The van der Waals surface area contributed by atoms with E-state index in [1.807, 2.05) is 13.0 Å². The molecule has 5 heteroatoms. The average Bonchev–Trinajstić information content (AvgIpc) is 2.78. The van der Waals surface area contributed by atoms with Crippen LogP contribution in [0.2, 0.25) is 0 Å². The first-order valence-electron chi connectivity index (χ1n) is 5.41. The second-order valence-corrected chi connectivity index (χ2v) is 4.88. The summed E-state index contributed by atoms with van der Waals surface area (Å²) < 4.78 is 5.20. The monoisotopic (exact) mass is 250 g/mol. The summed E-state index contributed by atoms with van der Waals surface area (Å²) in [7, 11) is 0. The Labute approximate surface area is 104 Å². The molecule has 2 rings (SSSR count). The Bertz CT molecular complexity index is 511. The molecule has 0 radical (unpaired) electrons. The molecule has 4 nitrogen and oxygen atoms in total. The third-order valence-corrected chi connectivity index (χ3v) is 3.31. The number of hydrogen-bond donors (Lipinski definition) is 1. The molecule has 1 N–H and O–H groups in total. The molecule has 2 aromatic rings. The number of rotatable bonds is 4. The van der Waals surface area contributed by atoms with Gasteiger partial charge >= 0.3 is 0 Å². The zero-order chi connectivity index (χ0) is 12.3. The standard InChI is InChI=1S/C12H14N2O2S/c1-3-17-7-11-13-12(16-14-11)9-5-4-6-10(15)8(9)2/h4-6,15H,3,7H2,1-2H3. The summed E-state index contributed by atoms with van der Waals surface area (Å²) in [5.41, 5.74) is 1.54. The Hall–Kier alpha value is -1.49. The number of hydrogen-bond acceptors (Lipinski definition) is 5. The van der Waals surface area contributed by atoms with Crippen molar-refractivity contribution in [1.29, 1.82) is 0 Å². The van der Waals surface area contributed by atoms with Gasteiger partial charge in [0.25, 0.3) is 5.89 Å². The summed E-state index contributed by atoms with van der Waals surface area (Å²) in [6.45, 7) is 3.92. The van der Waals surface area contributed by atoms with Gasteiger partial charge in [0.1, 0.15) is 5.75 Å². The third-order valence-electron chi connectivity index (χ3n) is 2.44. The normalized spacial score (nSPS) is 10.7. The predicted octanol–water partition coefficient (Wildman–Crippen LogP) is 3.00. The molecule has 1 aromatic heterocycles. The molecule has 0 fully saturated rings. The van der Waals surface area contributed by atoms with E-state index in [0.717, 1.165) is 22.6 Å². The zero-order valence-electron chi connectivity index (χ0n) is 9.80. The van der Waals surface area contributed by atoms with Gasteiger partial charge in [0.15, 0.2) is 5.82 Å². The predicted molar refractivity (Wildman–Crippen MR) is 68.0 cm³/mol. The van der Waals surface area contributed by atoms with Crippen LogP contribution in [0.3, 0.4) is 0 Å². The lowest BCUT2D eigenvalue weighted by Crippen LogP contribution is -1.86. The number of phenolic OH excluding ortho intramolecular Hbond substituents is 1. The fourth-order valence-electron chi connectivity index (χ4n) is 1.47. The van der Waals surface area contributed by atoms with Crippen molar-refractivity contribution in [3.8, 4) is 17.2 Å². The average molecular weight is 250 g/mol. The number of aromatic hydroxyl groups is 1. The molecule has 0 aliphatic carbocycles. The molecule has 90 valence electrons. The largest absolute Gasteiger partial charge is 0.508 e. The summed E-state index contributed by atoms with van der Waals surface area (Å²) in [6, 6.07) is 5.27. The van der Waals surface area contributed by atoms with Crippen molar-refractivity contribution in [2.75, 3.05) is 5.75 Å². The second-order valence-electron chi connectivity index (χ2n) is 3.60. The van der Waals surface area contributed by atoms with Crippen LogP contribution in [0.1, 0.15) is 18.3 Å². The van der Waals surface area contributed by atoms with Crippen LogP contribution >= 0.6 is 11.8 Å². The minimum atomic E-state index is 0.241. The van der Waals surface area contributed by atoms with E-state index in [1.54, 1.807) is 23.9 Å². The van der Waals surface area contributed by atoms with Gasteiger partial charge in [-0.3, -0.25) is 0 Å². The molecule has 1 heterocycles. The maximum absolute atomic E-state index is 9.62. The third kappa shape index (κ3) is 2.61. The van der Waals surface area contributed by atoms with Crippen LogP contribution in [-0.4, -0.2) is 21.0 Å². The van der Waals surface area contributed by atoms with Crippen molar-refractivity contribution in [2.24, 2.45) is 0 Å². The molecule has 0 aliphatic rings. The molecule has 1 aromatic carbocycles. The van der Waals surface area contributed by atoms with E-state index in [4.69, 9.17) is 4.52 Å². The van der Waals surface area contributed by atoms with Crippen LogP contribution in [0.25, 0.3) is 11.5 Å². The summed E-state index contributed by atoms with van der Waals surface area (Å²) in [5.74, 6) is 3.16. The maximum Gasteiger partial charge on any atom is 0.258 e. The van der Waals surface area contributed by atoms with Gasteiger partial charge in [0.2, 0.25) is 0 Å². The van der Waals surface area contributed by atoms with Crippen LogP contribution in [0, 0.1) is 6.92 Å². The fraction of sp³-hybridized carbons (Fsp3) is 0.333. The van der Waals surface area contributed by atoms with Crippen LogP contribution < -0.4 is 0 Å². The van der Waals surface area contributed by atoms with E-state index in [-0.39, 0.29) is 5.75 Å². The maximum atomic E-state index is 9.62. The van der Waals surface area contributed by atoms with Gasteiger partial charge in [-0.05, 0) is 24.8 Å². The van der Waals surface area contributed by atoms with E-state index in [1.165, 1.54) is 0 Å². The summed E-state index contributed by atoms with van der Waals surface area (Å²) in [5, 5.41) is 13.5. The number of aromatic nitrogens is 2. The lowest BCUT2D eigenvalue weighted by Gasteiger charge is -2.01. The lowest BCUT2D eigenvalue weighted by atomic mass is 10.1. The Morgan fingerprint density at radius 1 is 1.41 bits per heavy atom. The molecule has 0 amide bonds. The lowest BCUT2D eigenvalue weighted by molar-refractivity contribution is 0.424. The van der Waals surface area contributed by atoms with Crippen LogP contribution in [-0.2, 0) is 5.75 Å². The molecule has 0 atom stereocenters. The van der Waals surface area contributed by atoms with Gasteiger partial charge in [-0.2, -0.15) is 16.7 Å². The Kier molecular flexibility index (Phi) is 3.68. The zero-order valence-corrected chi connectivity index (χ0v) is 10.6. The first-order valence-corrected chi connectivity index (χ1v) is 6.57. The molecule has 0 aliphatic heterocycles. The van der Waals surface area contributed by atoms with Gasteiger partial charge in [-0.15, -0.1) is 0 Å². The molecule has 0 bridgehead atoms. The van der Waals surface area contributed by atoms with Crippen molar-refractivity contribution in [3.05, 3.63) is 29.6 Å². The van der Waals surface area contributed by atoms with E-state index < -0.39 is 0 Å². The Balaban J connectivity index is 2.27. The van der Waals surface area contributed by atoms with Crippen LogP contribution in [0.4, 0.5) is 0 Å². The van der Waals surface area contributed by atoms with Crippen molar-refractivity contribution in [3.63, 3.8) is 0 Å². The first kappa shape index (κ1) is 12.0. The van der Waals surface area contributed by atoms with Crippen molar-refractivity contribution >= 4 is 11.8 Å². The van der Waals surface area contributed by atoms with Crippen LogP contribution in [0.15, 0.2) is 22.7 Å². The highest BCUT2D eigenvalue weighted by Gasteiger charge is 2.12. The fourth-order valence-corrected chi connectivity index (χ4v) is 1.97. The van der Waals surface area contributed by atoms with E-state index >= 15 is 0 Å². The van der Waals surface area contributed by atoms with Crippen molar-refractivity contribution in [2.45, 2.75) is 19.6 Å². The summed E-state index contributed by atoms with van der Waals surface area (Å²) in [4.78, 5) is 4.31. The Morgan fingerprint density at radius 3 is 3.00 bits per heavy atom. The van der Waals surface area contributed by atoms with E-state index in [2.05, 4.69) is 17.1 Å². The van der Waals surface area contributed by atoms with Crippen molar-refractivity contribution < 1.29 is 9.63 Å². The molecular formula is C12H14N2O2S. The summed E-state index contributed by atoms with van der Waals surface area (Å²) >= 11 is 1.74. The number of phenols is 1. The minimum Gasteiger partial charge on any atom is -0.508 e. The minimum absolute atomic E-state index is 0.241. The molecule has 0 saturated heterocycles. The van der Waals surface area contributed by atoms with E-state index in [0.29, 0.717) is 11.7 Å². The SMILES string of the molecule is CCSCc1noc(-c2cccc(O)c2C)n1. The number of benzene rings is 1. The highest BCUT2D eigenvalue weighted by molar-refractivity contribution is 7.98. The highest BCUT2D eigenvalue weighted by atomic mass is 32.2. The first-order chi connectivity index (χ1) is 8.22. The van der Waals surface area contributed by atoms with Gasteiger partial charge in [0.05, 0.1) is 5.75 Å². The van der Waals surface area contributed by atoms with Gasteiger partial charge in [-0.25, -0.2) is 0 Å². The molecule has 17 heavy (non-hydrogen) atoms. The molecule has 0 spiro atoms. The second kappa shape index (κ2) is 5.23. The van der Waals surface area contributed by atoms with Gasteiger partial charge in [-0.1, -0.05) is 18.1 Å². The topological polar surface area (TPSA) is 59.2 Å². The van der Waals surface area contributed by atoms with E-state index in [9.17, 15) is 5.11 Å². The molecular weight excluding hydrogens is 236 g/mol. The van der Waals surface area contributed by atoms with Crippen LogP contribution in [0.5, 0.6) is 5.75 Å². The summed E-state index contributed by atoms with van der Waals surface area (Å²) in [6.07, 6.45) is 0. The smallest absolute Gasteiger partial charge is 0.258 e. The number of thioether (sulfide) groups is 1. The Morgan fingerprint density at radius 2 is 2.24 bits per heavy atom. The molecule has 0 saturated carbocycles. The highest BCUT2D eigenvalue weighted by Crippen LogP contribution is 2.28. The van der Waals surface area contributed by atoms with Gasteiger partial charge in [0, 0.05) is 11.1 Å².